The predicted molar refractivity (Wildman–Crippen MR) is 83.5 cm³/mol. The van der Waals surface area contributed by atoms with Crippen molar-refractivity contribution < 1.29 is 24.2 Å². The SMILES string of the molecule is CC(=O)c1cccc(OCC(=O)N2CCC(CC(=O)O)CC2)c1. The maximum atomic E-state index is 12.1. The summed E-state index contributed by atoms with van der Waals surface area (Å²) in [6.07, 6.45) is 1.58. The van der Waals surface area contributed by atoms with Crippen LogP contribution in [0.1, 0.15) is 36.5 Å². The number of rotatable bonds is 6. The van der Waals surface area contributed by atoms with Gasteiger partial charge >= 0.3 is 5.97 Å². The third-order valence-electron chi connectivity index (χ3n) is 4.03. The average Bonchev–Trinajstić information content (AvgIpc) is 2.53. The molecule has 0 aliphatic carbocycles. The van der Waals surface area contributed by atoms with E-state index in [0.29, 0.717) is 37.2 Å². The molecule has 1 N–H and O–H groups in total. The van der Waals surface area contributed by atoms with Crippen LogP contribution < -0.4 is 4.74 Å². The van der Waals surface area contributed by atoms with Crippen molar-refractivity contribution in [1.82, 2.24) is 4.90 Å². The summed E-state index contributed by atoms with van der Waals surface area (Å²) in [4.78, 5) is 35.8. The quantitative estimate of drug-likeness (QED) is 0.811. The van der Waals surface area contributed by atoms with Crippen LogP contribution in [0.15, 0.2) is 24.3 Å². The normalized spacial score (nSPS) is 15.3. The van der Waals surface area contributed by atoms with Gasteiger partial charge in [-0.2, -0.15) is 0 Å². The largest absolute Gasteiger partial charge is 0.484 e. The molecule has 0 saturated carbocycles. The summed E-state index contributed by atoms with van der Waals surface area (Å²) in [6, 6.07) is 6.74. The molecule has 2 rings (SSSR count). The van der Waals surface area contributed by atoms with Crippen molar-refractivity contribution >= 4 is 17.7 Å². The van der Waals surface area contributed by atoms with Gasteiger partial charge in [-0.15, -0.1) is 0 Å². The number of aliphatic carboxylic acids is 1. The molecule has 0 bridgehead atoms. The summed E-state index contributed by atoms with van der Waals surface area (Å²) >= 11 is 0. The lowest BCUT2D eigenvalue weighted by molar-refractivity contribution is -0.139. The Kier molecular flexibility index (Phi) is 5.73. The zero-order chi connectivity index (χ0) is 16.8. The first-order valence-electron chi connectivity index (χ1n) is 7.69. The fourth-order valence-electron chi connectivity index (χ4n) is 2.67. The van der Waals surface area contributed by atoms with E-state index in [1.807, 2.05) is 0 Å². The Morgan fingerprint density at radius 3 is 2.57 bits per heavy atom. The van der Waals surface area contributed by atoms with Crippen molar-refractivity contribution in [3.63, 3.8) is 0 Å². The Labute approximate surface area is 135 Å². The van der Waals surface area contributed by atoms with Crippen molar-refractivity contribution in [3.05, 3.63) is 29.8 Å². The number of hydrogen-bond donors (Lipinski definition) is 1. The lowest BCUT2D eigenvalue weighted by Gasteiger charge is -2.31. The molecule has 124 valence electrons. The second kappa shape index (κ2) is 7.76. The minimum Gasteiger partial charge on any atom is -0.484 e. The van der Waals surface area contributed by atoms with Crippen molar-refractivity contribution in [1.29, 1.82) is 0 Å². The molecule has 23 heavy (non-hydrogen) atoms. The number of amides is 1. The molecule has 6 heteroatoms. The van der Waals surface area contributed by atoms with Gasteiger partial charge in [-0.3, -0.25) is 14.4 Å². The summed E-state index contributed by atoms with van der Waals surface area (Å²) in [5, 5.41) is 8.79. The molecule has 0 radical (unpaired) electrons. The van der Waals surface area contributed by atoms with E-state index in [1.165, 1.54) is 6.92 Å². The van der Waals surface area contributed by atoms with Crippen molar-refractivity contribution in [2.24, 2.45) is 5.92 Å². The van der Waals surface area contributed by atoms with Gasteiger partial charge < -0.3 is 14.7 Å². The maximum Gasteiger partial charge on any atom is 0.303 e. The van der Waals surface area contributed by atoms with E-state index in [4.69, 9.17) is 9.84 Å². The number of ether oxygens (including phenoxy) is 1. The van der Waals surface area contributed by atoms with Gasteiger partial charge in [0.05, 0.1) is 0 Å². The van der Waals surface area contributed by atoms with Gasteiger partial charge in [0, 0.05) is 25.1 Å². The van der Waals surface area contributed by atoms with Gasteiger partial charge in [0.15, 0.2) is 12.4 Å². The number of nitrogens with zero attached hydrogens (tertiary/aromatic N) is 1. The molecule has 0 spiro atoms. The number of hydrogen-bond acceptors (Lipinski definition) is 4. The van der Waals surface area contributed by atoms with Gasteiger partial charge in [-0.1, -0.05) is 12.1 Å². The lowest BCUT2D eigenvalue weighted by atomic mass is 9.94. The van der Waals surface area contributed by atoms with Crippen molar-refractivity contribution in [2.45, 2.75) is 26.2 Å². The Balaban J connectivity index is 1.80. The van der Waals surface area contributed by atoms with Crippen LogP contribution in [0.25, 0.3) is 0 Å². The molecule has 6 nitrogen and oxygen atoms in total. The van der Waals surface area contributed by atoms with Crippen LogP contribution in [-0.4, -0.2) is 47.4 Å². The molecule has 1 fully saturated rings. The number of likely N-dealkylation sites (tertiary alicyclic amines) is 1. The maximum absolute atomic E-state index is 12.1. The zero-order valence-electron chi connectivity index (χ0n) is 13.2. The number of piperidine rings is 1. The molecule has 0 unspecified atom stereocenters. The number of carbonyl (C=O) groups is 3. The smallest absolute Gasteiger partial charge is 0.303 e. The van der Waals surface area contributed by atoms with Crippen LogP contribution in [0.2, 0.25) is 0 Å². The highest BCUT2D eigenvalue weighted by Crippen LogP contribution is 2.21. The van der Waals surface area contributed by atoms with E-state index in [0.717, 1.165) is 0 Å². The Morgan fingerprint density at radius 2 is 1.96 bits per heavy atom. The first-order valence-corrected chi connectivity index (χ1v) is 7.69. The molecule has 1 aromatic rings. The van der Waals surface area contributed by atoms with Crippen LogP contribution >= 0.6 is 0 Å². The van der Waals surface area contributed by atoms with Gasteiger partial charge in [-0.05, 0) is 37.8 Å². The molecule has 0 atom stereocenters. The minimum atomic E-state index is -0.788. The van der Waals surface area contributed by atoms with Crippen molar-refractivity contribution in [2.75, 3.05) is 19.7 Å². The third-order valence-corrected chi connectivity index (χ3v) is 4.03. The standard InChI is InChI=1S/C17H21NO5/c1-12(19)14-3-2-4-15(10-14)23-11-16(20)18-7-5-13(6-8-18)9-17(21)22/h2-4,10,13H,5-9,11H2,1H3,(H,21,22). The highest BCUT2D eigenvalue weighted by molar-refractivity contribution is 5.94. The number of carboxylic acid groups (broad SMARTS) is 1. The number of benzene rings is 1. The van der Waals surface area contributed by atoms with Crippen LogP contribution in [0.4, 0.5) is 0 Å². The summed E-state index contributed by atoms with van der Waals surface area (Å²) in [5.74, 6) is -0.325. The van der Waals surface area contributed by atoms with Gasteiger partial charge in [0.25, 0.3) is 5.91 Å². The van der Waals surface area contributed by atoms with E-state index in [-0.39, 0.29) is 30.6 Å². The fraction of sp³-hybridized carbons (Fsp3) is 0.471. The average molecular weight is 319 g/mol. The zero-order valence-corrected chi connectivity index (χ0v) is 13.2. The Morgan fingerprint density at radius 1 is 1.26 bits per heavy atom. The predicted octanol–water partition coefficient (Wildman–Crippen LogP) is 1.98. The van der Waals surface area contributed by atoms with E-state index in [2.05, 4.69) is 0 Å². The summed E-state index contributed by atoms with van der Waals surface area (Å²) in [5.41, 5.74) is 0.546. The lowest BCUT2D eigenvalue weighted by Crippen LogP contribution is -2.41. The highest BCUT2D eigenvalue weighted by Gasteiger charge is 2.24. The van der Waals surface area contributed by atoms with Gasteiger partial charge in [0.2, 0.25) is 0 Å². The molecule has 1 heterocycles. The fourth-order valence-corrected chi connectivity index (χ4v) is 2.67. The van der Waals surface area contributed by atoms with Crippen LogP contribution in [0.5, 0.6) is 5.75 Å². The first-order chi connectivity index (χ1) is 11.0. The summed E-state index contributed by atoms with van der Waals surface area (Å²) in [7, 11) is 0. The molecular formula is C17H21NO5. The monoisotopic (exact) mass is 319 g/mol. The Bertz CT molecular complexity index is 590. The number of ketones is 1. The van der Waals surface area contributed by atoms with E-state index >= 15 is 0 Å². The first kappa shape index (κ1) is 17.0. The van der Waals surface area contributed by atoms with E-state index < -0.39 is 5.97 Å². The summed E-state index contributed by atoms with van der Waals surface area (Å²) in [6.45, 7) is 2.53. The molecule has 1 saturated heterocycles. The Hall–Kier alpha value is -2.37. The summed E-state index contributed by atoms with van der Waals surface area (Å²) < 4.78 is 5.47. The highest BCUT2D eigenvalue weighted by atomic mass is 16.5. The number of Topliss-reactive ketones (excluding diaryl/α,β-unsaturated/α-hetero) is 1. The van der Waals surface area contributed by atoms with Gasteiger partial charge in [0.1, 0.15) is 5.75 Å². The molecular weight excluding hydrogens is 298 g/mol. The second-order valence-electron chi connectivity index (χ2n) is 5.79. The second-order valence-corrected chi connectivity index (χ2v) is 5.79. The van der Waals surface area contributed by atoms with E-state index in [9.17, 15) is 14.4 Å². The molecule has 1 aromatic carbocycles. The molecule has 1 aliphatic rings. The molecule has 0 aromatic heterocycles. The van der Waals surface area contributed by atoms with Crippen LogP contribution in [-0.2, 0) is 9.59 Å². The number of carboxylic acids is 1. The molecule has 1 aliphatic heterocycles. The van der Waals surface area contributed by atoms with Crippen LogP contribution in [0.3, 0.4) is 0 Å². The van der Waals surface area contributed by atoms with Crippen LogP contribution in [0, 0.1) is 5.92 Å². The topological polar surface area (TPSA) is 83.9 Å². The minimum absolute atomic E-state index is 0.0534. The third kappa shape index (κ3) is 5.09. The van der Waals surface area contributed by atoms with Gasteiger partial charge in [-0.25, -0.2) is 0 Å². The van der Waals surface area contributed by atoms with Crippen molar-refractivity contribution in [3.8, 4) is 5.75 Å². The molecule has 1 amide bonds. The van der Waals surface area contributed by atoms with E-state index in [1.54, 1.807) is 29.2 Å². The number of carbonyl (C=O) groups excluding carboxylic acids is 2.